The third-order valence-electron chi connectivity index (χ3n) is 2.91. The molecule has 0 bridgehead atoms. The number of nitrogens with zero attached hydrogens (tertiary/aromatic N) is 1. The molecule has 1 aromatic heterocycles. The first-order chi connectivity index (χ1) is 8.72. The molecular weight excluding hydrogens is 230 g/mol. The molecule has 0 saturated carbocycles. The van der Waals surface area contributed by atoms with Crippen LogP contribution in [-0.4, -0.2) is 24.2 Å². The van der Waals surface area contributed by atoms with E-state index in [2.05, 4.69) is 17.6 Å². The van der Waals surface area contributed by atoms with Crippen molar-refractivity contribution in [1.82, 2.24) is 15.2 Å². The molecule has 0 aliphatic rings. The minimum Gasteiger partial charge on any atom is -0.408 e. The zero-order valence-electron chi connectivity index (χ0n) is 10.8. The van der Waals surface area contributed by atoms with E-state index in [0.717, 1.165) is 37.3 Å². The van der Waals surface area contributed by atoms with E-state index in [4.69, 9.17) is 4.42 Å². The maximum atomic E-state index is 11.4. The molecule has 1 heterocycles. The lowest BCUT2D eigenvalue weighted by Crippen LogP contribution is -2.26. The van der Waals surface area contributed by atoms with Crippen LogP contribution in [0, 0.1) is 0 Å². The first-order valence-electron chi connectivity index (χ1n) is 6.22. The molecule has 0 spiro atoms. The molecule has 0 atom stereocenters. The van der Waals surface area contributed by atoms with Crippen LogP contribution in [0.25, 0.3) is 11.1 Å². The van der Waals surface area contributed by atoms with Gasteiger partial charge >= 0.3 is 5.76 Å². The highest BCUT2D eigenvalue weighted by atomic mass is 16.4. The van der Waals surface area contributed by atoms with Crippen LogP contribution in [0.5, 0.6) is 0 Å². The molecule has 0 saturated heterocycles. The molecule has 0 radical (unpaired) electrons. The number of oxazole rings is 1. The van der Waals surface area contributed by atoms with Gasteiger partial charge in [0, 0.05) is 26.7 Å². The van der Waals surface area contributed by atoms with Gasteiger partial charge in [0.05, 0.1) is 5.52 Å². The molecule has 0 fully saturated rings. The summed E-state index contributed by atoms with van der Waals surface area (Å²) in [5.74, 6) is -0.317. The molecule has 0 unspecified atom stereocenters. The Kier molecular flexibility index (Phi) is 4.17. The zero-order chi connectivity index (χ0) is 13.0. The standard InChI is InChI=1S/C13H19N3O2/c1-3-14-6-7-15-9-10-4-5-12-11(8-10)16(2)13(17)18-12/h4-5,8,14-15H,3,6-7,9H2,1-2H3. The number of hydrogen-bond donors (Lipinski definition) is 2. The van der Waals surface area contributed by atoms with Gasteiger partial charge in [-0.15, -0.1) is 0 Å². The molecule has 2 aromatic rings. The summed E-state index contributed by atoms with van der Waals surface area (Å²) < 4.78 is 6.61. The lowest BCUT2D eigenvalue weighted by atomic mass is 10.2. The maximum absolute atomic E-state index is 11.4. The summed E-state index contributed by atoms with van der Waals surface area (Å²) in [5.41, 5.74) is 2.63. The minimum atomic E-state index is -0.317. The lowest BCUT2D eigenvalue weighted by molar-refractivity contribution is 0.528. The average Bonchev–Trinajstić information content (AvgIpc) is 2.65. The van der Waals surface area contributed by atoms with Crippen LogP contribution in [0.2, 0.25) is 0 Å². The fraction of sp³-hybridized carbons (Fsp3) is 0.462. The fourth-order valence-electron chi connectivity index (χ4n) is 1.87. The Morgan fingerprint density at radius 2 is 2.06 bits per heavy atom. The van der Waals surface area contributed by atoms with Crippen LogP contribution < -0.4 is 16.4 Å². The Morgan fingerprint density at radius 3 is 2.83 bits per heavy atom. The molecule has 0 aliphatic carbocycles. The van der Waals surface area contributed by atoms with E-state index in [9.17, 15) is 4.79 Å². The average molecular weight is 249 g/mol. The summed E-state index contributed by atoms with van der Waals surface area (Å²) in [6.45, 7) is 5.76. The largest absolute Gasteiger partial charge is 0.419 e. The van der Waals surface area contributed by atoms with E-state index in [1.165, 1.54) is 4.57 Å². The number of aromatic nitrogens is 1. The topological polar surface area (TPSA) is 59.2 Å². The molecule has 1 aromatic carbocycles. The van der Waals surface area contributed by atoms with Crippen LogP contribution in [0.1, 0.15) is 12.5 Å². The SMILES string of the molecule is CCNCCNCc1ccc2oc(=O)n(C)c2c1. The van der Waals surface area contributed by atoms with E-state index < -0.39 is 0 Å². The number of benzene rings is 1. The van der Waals surface area contributed by atoms with Gasteiger partial charge in [0.25, 0.3) is 0 Å². The molecule has 18 heavy (non-hydrogen) atoms. The first-order valence-corrected chi connectivity index (χ1v) is 6.22. The summed E-state index contributed by atoms with van der Waals surface area (Å²) in [5, 5.41) is 6.60. The lowest BCUT2D eigenvalue weighted by Gasteiger charge is -2.05. The van der Waals surface area contributed by atoms with Crippen molar-refractivity contribution in [2.45, 2.75) is 13.5 Å². The summed E-state index contributed by atoms with van der Waals surface area (Å²) in [7, 11) is 1.72. The highest BCUT2D eigenvalue weighted by Gasteiger charge is 2.05. The van der Waals surface area contributed by atoms with Crippen LogP contribution in [0.4, 0.5) is 0 Å². The van der Waals surface area contributed by atoms with E-state index in [1.54, 1.807) is 7.05 Å². The molecule has 2 N–H and O–H groups in total. The molecule has 98 valence electrons. The van der Waals surface area contributed by atoms with Gasteiger partial charge in [0.15, 0.2) is 5.58 Å². The third kappa shape index (κ3) is 2.80. The monoisotopic (exact) mass is 249 g/mol. The van der Waals surface area contributed by atoms with Gasteiger partial charge in [-0.25, -0.2) is 4.79 Å². The maximum Gasteiger partial charge on any atom is 0.419 e. The van der Waals surface area contributed by atoms with Crippen LogP contribution in [0.15, 0.2) is 27.4 Å². The van der Waals surface area contributed by atoms with Crippen molar-refractivity contribution < 1.29 is 4.42 Å². The molecule has 0 amide bonds. The Balaban J connectivity index is 2.01. The predicted molar refractivity (Wildman–Crippen MR) is 71.7 cm³/mol. The van der Waals surface area contributed by atoms with E-state index in [1.807, 2.05) is 18.2 Å². The second-order valence-corrected chi connectivity index (χ2v) is 4.26. The van der Waals surface area contributed by atoms with Crippen LogP contribution in [-0.2, 0) is 13.6 Å². The summed E-state index contributed by atoms with van der Waals surface area (Å²) in [6.07, 6.45) is 0. The van der Waals surface area contributed by atoms with Gasteiger partial charge in [0.1, 0.15) is 0 Å². The molecule has 0 aliphatic heterocycles. The van der Waals surface area contributed by atoms with Gasteiger partial charge in [0.2, 0.25) is 0 Å². The normalized spacial score (nSPS) is 11.2. The summed E-state index contributed by atoms with van der Waals surface area (Å²) in [6, 6.07) is 5.81. The number of rotatable bonds is 6. The number of likely N-dealkylation sites (N-methyl/N-ethyl adjacent to an activating group) is 1. The van der Waals surface area contributed by atoms with Gasteiger partial charge in [-0.2, -0.15) is 0 Å². The first kappa shape index (κ1) is 12.9. The number of aryl methyl sites for hydroxylation is 1. The molecular formula is C13H19N3O2. The van der Waals surface area contributed by atoms with Gasteiger partial charge < -0.3 is 15.1 Å². The Labute approximate surface area is 106 Å². The van der Waals surface area contributed by atoms with E-state index in [0.29, 0.717) is 5.58 Å². The van der Waals surface area contributed by atoms with Gasteiger partial charge in [-0.3, -0.25) is 4.57 Å². The van der Waals surface area contributed by atoms with E-state index >= 15 is 0 Å². The van der Waals surface area contributed by atoms with Gasteiger partial charge in [-0.05, 0) is 24.2 Å². The fourth-order valence-corrected chi connectivity index (χ4v) is 1.87. The van der Waals surface area contributed by atoms with E-state index in [-0.39, 0.29) is 5.76 Å². The summed E-state index contributed by atoms with van der Waals surface area (Å²) >= 11 is 0. The van der Waals surface area contributed by atoms with Crippen molar-refractivity contribution >= 4 is 11.1 Å². The van der Waals surface area contributed by atoms with Crippen molar-refractivity contribution in [3.05, 3.63) is 34.3 Å². The highest BCUT2D eigenvalue weighted by molar-refractivity contribution is 5.73. The minimum absolute atomic E-state index is 0.317. The predicted octanol–water partition coefficient (Wildman–Crippen LogP) is 0.831. The molecule has 2 rings (SSSR count). The van der Waals surface area contributed by atoms with Crippen LogP contribution in [0.3, 0.4) is 0 Å². The number of nitrogens with one attached hydrogen (secondary N) is 2. The highest BCUT2D eigenvalue weighted by Crippen LogP contribution is 2.13. The Hall–Kier alpha value is -1.59. The van der Waals surface area contributed by atoms with Crippen molar-refractivity contribution in [1.29, 1.82) is 0 Å². The third-order valence-corrected chi connectivity index (χ3v) is 2.91. The van der Waals surface area contributed by atoms with Crippen molar-refractivity contribution in [2.75, 3.05) is 19.6 Å². The second kappa shape index (κ2) is 5.84. The quantitative estimate of drug-likeness (QED) is 0.745. The smallest absolute Gasteiger partial charge is 0.408 e. The second-order valence-electron chi connectivity index (χ2n) is 4.26. The van der Waals surface area contributed by atoms with Gasteiger partial charge in [-0.1, -0.05) is 13.0 Å². The summed E-state index contributed by atoms with van der Waals surface area (Å²) in [4.78, 5) is 11.4. The van der Waals surface area contributed by atoms with Crippen molar-refractivity contribution in [3.63, 3.8) is 0 Å². The van der Waals surface area contributed by atoms with Crippen molar-refractivity contribution in [3.8, 4) is 0 Å². The number of fused-ring (bicyclic) bond motifs is 1. The Bertz CT molecular complexity index is 571. The Morgan fingerprint density at radius 1 is 1.28 bits per heavy atom. The van der Waals surface area contributed by atoms with Crippen molar-refractivity contribution in [2.24, 2.45) is 7.05 Å². The zero-order valence-corrected chi connectivity index (χ0v) is 10.8. The van der Waals surface area contributed by atoms with Crippen LogP contribution >= 0.6 is 0 Å². The molecule has 5 heteroatoms. The molecule has 5 nitrogen and oxygen atoms in total. The number of hydrogen-bond acceptors (Lipinski definition) is 4.